The lowest BCUT2D eigenvalue weighted by Gasteiger charge is -2.18. The number of thiazole rings is 1. The van der Waals surface area contributed by atoms with Gasteiger partial charge in [-0.2, -0.15) is 0 Å². The molecule has 0 bridgehead atoms. The Morgan fingerprint density at radius 2 is 2.33 bits per heavy atom. The van der Waals surface area contributed by atoms with Crippen LogP contribution in [-0.4, -0.2) is 15.9 Å². The molecule has 1 unspecified atom stereocenters. The van der Waals surface area contributed by atoms with Crippen molar-refractivity contribution in [1.29, 1.82) is 0 Å². The van der Waals surface area contributed by atoms with E-state index in [-0.39, 0.29) is 6.04 Å². The minimum Gasteiger partial charge on any atom is -0.310 e. The van der Waals surface area contributed by atoms with Gasteiger partial charge in [-0.15, -0.1) is 11.3 Å². The summed E-state index contributed by atoms with van der Waals surface area (Å²) in [6.45, 7) is 3.01. The lowest BCUT2D eigenvalue weighted by Crippen LogP contribution is -2.23. The van der Waals surface area contributed by atoms with Crippen molar-refractivity contribution in [2.75, 3.05) is 6.54 Å². The molecule has 2 aromatic heterocycles. The molecule has 0 aliphatic rings. The Balaban J connectivity index is 1.86. The monoisotopic (exact) mass is 383 g/mol. The van der Waals surface area contributed by atoms with E-state index in [1.165, 1.54) is 5.56 Å². The Kier molecular flexibility index (Phi) is 4.64. The molecular weight excluding hydrogens is 370 g/mol. The number of imidazole rings is 1. The number of nitrogens with one attached hydrogen (secondary N) is 1. The van der Waals surface area contributed by atoms with Crippen LogP contribution >= 0.6 is 38.9 Å². The molecule has 3 rings (SSSR count). The Morgan fingerprint density at radius 3 is 3.05 bits per heavy atom. The van der Waals surface area contributed by atoms with Crippen LogP contribution in [0.3, 0.4) is 0 Å². The summed E-state index contributed by atoms with van der Waals surface area (Å²) in [5, 5.41) is 6.29. The van der Waals surface area contributed by atoms with Crippen molar-refractivity contribution in [3.63, 3.8) is 0 Å². The Morgan fingerprint density at radius 1 is 1.48 bits per heavy atom. The van der Waals surface area contributed by atoms with E-state index in [0.29, 0.717) is 0 Å². The molecule has 0 saturated carbocycles. The summed E-state index contributed by atoms with van der Waals surface area (Å²) in [5.41, 5.74) is 2.27. The third kappa shape index (κ3) is 3.31. The summed E-state index contributed by atoms with van der Waals surface area (Å²) < 4.78 is 2.99. The normalized spacial score (nSPS) is 12.9. The highest BCUT2D eigenvalue weighted by atomic mass is 79.9. The molecule has 110 valence electrons. The summed E-state index contributed by atoms with van der Waals surface area (Å²) in [4.78, 5) is 5.70. The van der Waals surface area contributed by atoms with Crippen LogP contribution in [0.1, 0.15) is 24.2 Å². The first kappa shape index (κ1) is 15.0. The van der Waals surface area contributed by atoms with Crippen molar-refractivity contribution in [3.8, 4) is 0 Å². The number of benzene rings is 1. The molecule has 0 fully saturated rings. The lowest BCUT2D eigenvalue weighted by molar-refractivity contribution is 0.545. The van der Waals surface area contributed by atoms with E-state index >= 15 is 0 Å². The molecule has 2 heterocycles. The second-order valence-corrected chi connectivity index (χ2v) is 6.95. The Hall–Kier alpha value is -0.880. The van der Waals surface area contributed by atoms with Gasteiger partial charge in [0.2, 0.25) is 0 Å². The molecule has 0 aliphatic carbocycles. The van der Waals surface area contributed by atoms with Crippen molar-refractivity contribution >= 4 is 43.8 Å². The number of nitrogens with zero attached hydrogens (tertiary/aromatic N) is 2. The highest BCUT2D eigenvalue weighted by Crippen LogP contribution is 2.27. The summed E-state index contributed by atoms with van der Waals surface area (Å²) in [6.07, 6.45) is 4.98. The van der Waals surface area contributed by atoms with Gasteiger partial charge in [0, 0.05) is 34.7 Å². The van der Waals surface area contributed by atoms with Gasteiger partial charge in [-0.05, 0) is 40.2 Å². The molecule has 3 nitrogen and oxygen atoms in total. The minimum absolute atomic E-state index is 0.213. The first-order valence-electron chi connectivity index (χ1n) is 6.76. The average molecular weight is 385 g/mol. The predicted molar refractivity (Wildman–Crippen MR) is 92.3 cm³/mol. The summed E-state index contributed by atoms with van der Waals surface area (Å²) >= 11 is 11.3. The topological polar surface area (TPSA) is 29.3 Å². The van der Waals surface area contributed by atoms with E-state index < -0.39 is 0 Å². The number of aromatic nitrogens is 2. The van der Waals surface area contributed by atoms with Gasteiger partial charge in [-0.3, -0.25) is 4.40 Å². The minimum atomic E-state index is 0.213. The molecule has 6 heteroatoms. The zero-order valence-corrected chi connectivity index (χ0v) is 14.7. The van der Waals surface area contributed by atoms with Gasteiger partial charge in [-0.25, -0.2) is 4.98 Å². The fourth-order valence-electron chi connectivity index (χ4n) is 2.37. The summed E-state index contributed by atoms with van der Waals surface area (Å²) in [6, 6.07) is 6.32. The van der Waals surface area contributed by atoms with Crippen molar-refractivity contribution in [2.24, 2.45) is 0 Å². The van der Waals surface area contributed by atoms with E-state index in [0.717, 1.165) is 33.1 Å². The van der Waals surface area contributed by atoms with Crippen LogP contribution in [0.25, 0.3) is 4.96 Å². The molecule has 21 heavy (non-hydrogen) atoms. The average Bonchev–Trinajstić information content (AvgIpc) is 3.02. The van der Waals surface area contributed by atoms with Gasteiger partial charge in [-0.1, -0.05) is 24.6 Å². The second-order valence-electron chi connectivity index (χ2n) is 4.81. The van der Waals surface area contributed by atoms with Crippen LogP contribution in [0, 0.1) is 0 Å². The van der Waals surface area contributed by atoms with Crippen molar-refractivity contribution in [3.05, 3.63) is 56.7 Å². The molecule has 0 spiro atoms. The van der Waals surface area contributed by atoms with Crippen LogP contribution in [0.4, 0.5) is 0 Å². The van der Waals surface area contributed by atoms with E-state index in [2.05, 4.69) is 49.8 Å². The number of hydrogen-bond acceptors (Lipinski definition) is 3. The van der Waals surface area contributed by atoms with Crippen LogP contribution in [0.2, 0.25) is 5.02 Å². The fraction of sp³-hybridized carbons (Fsp3) is 0.267. The Labute approximate surface area is 141 Å². The van der Waals surface area contributed by atoms with Crippen LogP contribution < -0.4 is 5.32 Å². The third-order valence-electron chi connectivity index (χ3n) is 3.35. The first-order chi connectivity index (χ1) is 10.2. The zero-order chi connectivity index (χ0) is 14.8. The summed E-state index contributed by atoms with van der Waals surface area (Å²) in [7, 11) is 0. The van der Waals surface area contributed by atoms with E-state index in [1.54, 1.807) is 11.3 Å². The third-order valence-corrected chi connectivity index (χ3v) is 5.36. The van der Waals surface area contributed by atoms with Crippen LogP contribution in [-0.2, 0) is 6.42 Å². The van der Waals surface area contributed by atoms with Crippen molar-refractivity contribution in [1.82, 2.24) is 14.7 Å². The molecule has 0 aliphatic heterocycles. The predicted octanol–water partition coefficient (Wildman–Crippen LogP) is 4.71. The largest absolute Gasteiger partial charge is 0.310 e. The number of rotatable bonds is 5. The zero-order valence-electron chi connectivity index (χ0n) is 11.5. The quantitative estimate of drug-likeness (QED) is 0.690. The van der Waals surface area contributed by atoms with Crippen LogP contribution in [0.15, 0.2) is 40.4 Å². The fourth-order valence-corrected chi connectivity index (χ4v) is 3.52. The van der Waals surface area contributed by atoms with E-state index in [4.69, 9.17) is 11.6 Å². The van der Waals surface area contributed by atoms with Crippen molar-refractivity contribution < 1.29 is 0 Å². The lowest BCUT2D eigenvalue weighted by atomic mass is 10.0. The Bertz CT molecular complexity index is 724. The number of fused-ring (bicyclic) bond motifs is 1. The maximum absolute atomic E-state index is 6.22. The standard InChI is InChI=1S/C15H15BrClN3S/c1-2-18-14(10-3-4-12(16)13(17)7-10)8-11-9-20-5-6-21-15(20)19-11/h3-7,9,14,18H,2,8H2,1H3. The van der Waals surface area contributed by atoms with Gasteiger partial charge in [0.25, 0.3) is 0 Å². The molecule has 3 aromatic rings. The van der Waals surface area contributed by atoms with Gasteiger partial charge < -0.3 is 5.32 Å². The van der Waals surface area contributed by atoms with Gasteiger partial charge in [0.1, 0.15) is 0 Å². The maximum atomic E-state index is 6.22. The second kappa shape index (κ2) is 6.48. The molecule has 1 N–H and O–H groups in total. The summed E-state index contributed by atoms with van der Waals surface area (Å²) in [5.74, 6) is 0. The van der Waals surface area contributed by atoms with E-state index in [1.807, 2.05) is 23.7 Å². The molecule has 1 aromatic carbocycles. The van der Waals surface area contributed by atoms with Gasteiger partial charge in [0.15, 0.2) is 4.96 Å². The van der Waals surface area contributed by atoms with Crippen LogP contribution in [0.5, 0.6) is 0 Å². The number of hydrogen-bond donors (Lipinski definition) is 1. The molecule has 1 atom stereocenters. The molecular formula is C15H15BrClN3S. The maximum Gasteiger partial charge on any atom is 0.193 e. The number of halogens is 2. The highest BCUT2D eigenvalue weighted by molar-refractivity contribution is 9.10. The van der Waals surface area contributed by atoms with Crippen molar-refractivity contribution in [2.45, 2.75) is 19.4 Å². The molecule has 0 amide bonds. The number of likely N-dealkylation sites (N-methyl/N-ethyl adjacent to an activating group) is 1. The van der Waals surface area contributed by atoms with E-state index in [9.17, 15) is 0 Å². The molecule has 0 radical (unpaired) electrons. The highest BCUT2D eigenvalue weighted by Gasteiger charge is 2.15. The SMILES string of the molecule is CCNC(Cc1cn2ccsc2n1)c1ccc(Br)c(Cl)c1. The van der Waals surface area contributed by atoms with Gasteiger partial charge >= 0.3 is 0 Å². The first-order valence-corrected chi connectivity index (χ1v) is 8.82. The molecule has 0 saturated heterocycles. The van der Waals surface area contributed by atoms with Gasteiger partial charge in [0.05, 0.1) is 10.7 Å². The smallest absolute Gasteiger partial charge is 0.193 e.